The van der Waals surface area contributed by atoms with Crippen LogP contribution in [0.15, 0.2) is 42.5 Å². The van der Waals surface area contributed by atoms with E-state index in [1.807, 2.05) is 6.07 Å². The van der Waals surface area contributed by atoms with E-state index in [1.165, 1.54) is 4.90 Å². The summed E-state index contributed by atoms with van der Waals surface area (Å²) in [4.78, 5) is 26.6. The molecule has 6 heteroatoms. The van der Waals surface area contributed by atoms with Gasteiger partial charge in [0.1, 0.15) is 0 Å². The van der Waals surface area contributed by atoms with Crippen molar-refractivity contribution in [2.75, 3.05) is 6.54 Å². The van der Waals surface area contributed by atoms with Gasteiger partial charge in [0, 0.05) is 16.6 Å². The number of fused-ring (bicyclic) bond motifs is 1. The summed E-state index contributed by atoms with van der Waals surface area (Å²) < 4.78 is 0. The Bertz CT molecular complexity index is 833. The van der Waals surface area contributed by atoms with Crippen LogP contribution in [0.2, 0.25) is 10.0 Å². The molecular weight excluding hydrogens is 400 g/mol. The Labute approximate surface area is 195 Å². The Morgan fingerprint density at radius 1 is 0.931 bits per heavy atom. The van der Waals surface area contributed by atoms with Gasteiger partial charge in [-0.25, -0.2) is 0 Å². The zero-order valence-electron chi connectivity index (χ0n) is 17.0. The van der Waals surface area contributed by atoms with Crippen molar-refractivity contribution in [3.63, 3.8) is 0 Å². The van der Waals surface area contributed by atoms with Gasteiger partial charge in [0.15, 0.2) is 0 Å². The predicted molar refractivity (Wildman–Crippen MR) is 115 cm³/mol. The number of carbonyl (C=O) groups excluding carboxylic acids is 2. The van der Waals surface area contributed by atoms with Crippen molar-refractivity contribution in [1.29, 1.82) is 0 Å². The first kappa shape index (κ1) is 25.8. The summed E-state index contributed by atoms with van der Waals surface area (Å²) in [6, 6.07) is 12.3. The molecule has 1 aliphatic heterocycles. The van der Waals surface area contributed by atoms with E-state index < -0.39 is 0 Å². The molecule has 0 spiro atoms. The van der Waals surface area contributed by atoms with Crippen LogP contribution in [0.3, 0.4) is 0 Å². The van der Waals surface area contributed by atoms with Gasteiger partial charge in [-0.2, -0.15) is 12.8 Å². The van der Waals surface area contributed by atoms with E-state index in [1.54, 1.807) is 36.4 Å². The predicted octanol–water partition coefficient (Wildman–Crippen LogP) is 3.28. The Balaban J connectivity index is 0.00000210. The van der Waals surface area contributed by atoms with Crippen molar-refractivity contribution in [2.45, 2.75) is 25.2 Å². The maximum absolute atomic E-state index is 12.6. The standard InChI is InChI=1S/C22H21Cl2NO2.CH3.Li/c1-3-14(4-2)16(19-13-15(23)9-10-20(19)24)11-12-25-21(26)17-7-5-6-8-18(17)22(25)27;;/h5-10,13-14,16H,1-4,11-12H2;1H3;/q-2;-1;+1/t16-;;/m1../s1. The fourth-order valence-electron chi connectivity index (χ4n) is 3.70. The van der Waals surface area contributed by atoms with Crippen LogP contribution in [0.1, 0.15) is 51.5 Å². The number of amides is 2. The van der Waals surface area contributed by atoms with Crippen LogP contribution < -0.4 is 18.9 Å². The number of imide groups is 1. The Morgan fingerprint density at radius 2 is 1.48 bits per heavy atom. The smallest absolute Gasteiger partial charge is 0.358 e. The summed E-state index contributed by atoms with van der Waals surface area (Å²) in [6.45, 7) is 8.38. The summed E-state index contributed by atoms with van der Waals surface area (Å²) >= 11 is 12.6. The molecule has 0 fully saturated rings. The van der Waals surface area contributed by atoms with Gasteiger partial charge in [-0.15, -0.1) is 0 Å². The Kier molecular flexibility index (Phi) is 9.99. The maximum Gasteiger partial charge on any atom is 1.00 e. The molecule has 0 saturated carbocycles. The fourth-order valence-corrected chi connectivity index (χ4v) is 4.14. The van der Waals surface area contributed by atoms with E-state index in [2.05, 4.69) is 13.8 Å². The van der Waals surface area contributed by atoms with Gasteiger partial charge in [-0.1, -0.05) is 41.3 Å². The van der Waals surface area contributed by atoms with Crippen LogP contribution in [-0.4, -0.2) is 23.3 Å². The number of benzene rings is 2. The van der Waals surface area contributed by atoms with Gasteiger partial charge >= 0.3 is 18.9 Å². The second kappa shape index (κ2) is 11.2. The number of hydrogen-bond donors (Lipinski definition) is 0. The van der Waals surface area contributed by atoms with Gasteiger partial charge < -0.3 is 21.3 Å². The summed E-state index contributed by atoms with van der Waals surface area (Å²) in [5.74, 6) is -0.300. The molecule has 1 heterocycles. The molecule has 0 saturated heterocycles. The zero-order valence-corrected chi connectivity index (χ0v) is 18.5. The average molecular weight is 424 g/mol. The quantitative estimate of drug-likeness (QED) is 0.389. The molecule has 150 valence electrons. The largest absolute Gasteiger partial charge is 1.00 e. The van der Waals surface area contributed by atoms with Crippen molar-refractivity contribution in [2.24, 2.45) is 5.92 Å². The average Bonchev–Trinajstić information content (AvgIpc) is 2.92. The second-order valence-electron chi connectivity index (χ2n) is 6.71. The first-order chi connectivity index (χ1) is 13.0. The van der Waals surface area contributed by atoms with E-state index in [9.17, 15) is 9.59 Å². The van der Waals surface area contributed by atoms with Crippen LogP contribution in [0.5, 0.6) is 0 Å². The zero-order chi connectivity index (χ0) is 19.6. The van der Waals surface area contributed by atoms with Crippen LogP contribution in [-0.2, 0) is 0 Å². The first-order valence-corrected chi connectivity index (χ1v) is 9.72. The van der Waals surface area contributed by atoms with Crippen LogP contribution in [0.25, 0.3) is 0 Å². The molecule has 1 aliphatic rings. The van der Waals surface area contributed by atoms with E-state index in [4.69, 9.17) is 23.2 Å². The van der Waals surface area contributed by atoms with Gasteiger partial charge in [0.05, 0.1) is 11.1 Å². The van der Waals surface area contributed by atoms with Gasteiger partial charge in [0.25, 0.3) is 11.8 Å². The SMILES string of the molecule is [CH2-]CC(C[CH2-])[C@@H](CCN1C(=O)c2ccccc2C1=O)c1cc(Cl)ccc1Cl.[CH3-].[Li+]. The van der Waals surface area contributed by atoms with Gasteiger partial charge in [0.2, 0.25) is 0 Å². The normalized spacial score (nSPS) is 13.8. The number of rotatable bonds is 7. The monoisotopic (exact) mass is 423 g/mol. The molecule has 0 N–H and O–H groups in total. The second-order valence-corrected chi connectivity index (χ2v) is 7.55. The van der Waals surface area contributed by atoms with Crippen LogP contribution >= 0.6 is 23.2 Å². The van der Waals surface area contributed by atoms with Crippen LogP contribution in [0.4, 0.5) is 0 Å². The van der Waals surface area contributed by atoms with Crippen molar-refractivity contribution >= 4 is 35.0 Å². The molecule has 2 amide bonds. The van der Waals surface area contributed by atoms with E-state index in [-0.39, 0.29) is 49.9 Å². The van der Waals surface area contributed by atoms with E-state index in [0.717, 1.165) is 5.56 Å². The summed E-state index contributed by atoms with van der Waals surface area (Å²) in [6.07, 6.45) is 1.94. The van der Waals surface area contributed by atoms with Crippen molar-refractivity contribution in [3.05, 3.63) is 90.5 Å². The molecule has 0 aliphatic carbocycles. The Hall–Kier alpha value is -1.24. The Morgan fingerprint density at radius 3 is 2.00 bits per heavy atom. The van der Waals surface area contributed by atoms with E-state index >= 15 is 0 Å². The fraction of sp³-hybridized carbons (Fsp3) is 0.261. The molecule has 0 unspecified atom stereocenters. The molecule has 3 nitrogen and oxygen atoms in total. The van der Waals surface area contributed by atoms with Crippen molar-refractivity contribution < 1.29 is 28.4 Å². The third-order valence-corrected chi connectivity index (χ3v) is 5.79. The molecule has 0 bridgehead atoms. The minimum absolute atomic E-state index is 0. The minimum atomic E-state index is -0.243. The van der Waals surface area contributed by atoms with Gasteiger partial charge in [-0.3, -0.25) is 14.5 Å². The van der Waals surface area contributed by atoms with Gasteiger partial charge in [-0.05, 0) is 48.2 Å². The third kappa shape index (κ3) is 5.28. The molecule has 29 heavy (non-hydrogen) atoms. The third-order valence-electron chi connectivity index (χ3n) is 5.21. The molecule has 0 radical (unpaired) electrons. The molecule has 2 aromatic rings. The maximum atomic E-state index is 12.6. The number of carbonyl (C=O) groups is 2. The first-order valence-electron chi connectivity index (χ1n) is 8.96. The minimum Gasteiger partial charge on any atom is -0.358 e. The van der Waals surface area contributed by atoms with Crippen molar-refractivity contribution in [1.82, 2.24) is 4.90 Å². The topological polar surface area (TPSA) is 37.4 Å². The summed E-state index contributed by atoms with van der Waals surface area (Å²) in [5, 5.41) is 1.23. The van der Waals surface area contributed by atoms with E-state index in [0.29, 0.717) is 47.0 Å². The molecule has 1 atom stereocenters. The molecule has 0 aromatic heterocycles. The molecular formula is C23H24Cl2LiNO2-2. The molecule has 2 aromatic carbocycles. The molecule has 3 rings (SSSR count). The number of hydrogen-bond acceptors (Lipinski definition) is 2. The van der Waals surface area contributed by atoms with Crippen molar-refractivity contribution in [3.8, 4) is 0 Å². The number of halogens is 2. The summed E-state index contributed by atoms with van der Waals surface area (Å²) in [5.41, 5.74) is 1.84. The summed E-state index contributed by atoms with van der Waals surface area (Å²) in [7, 11) is 0. The number of nitrogens with zero attached hydrogens (tertiary/aromatic N) is 1. The van der Waals surface area contributed by atoms with Crippen LogP contribution in [0, 0.1) is 27.2 Å².